The number of carbonyl (C=O) groups is 1. The quantitative estimate of drug-likeness (QED) is 0.0387. The van der Waals surface area contributed by atoms with Gasteiger partial charge in [-0.2, -0.15) is 0 Å². The van der Waals surface area contributed by atoms with E-state index in [2.05, 4.69) is 55.6 Å². The Balaban J connectivity index is 4.45. The molecule has 0 bridgehead atoms. The van der Waals surface area contributed by atoms with Crippen molar-refractivity contribution in [3.8, 4) is 0 Å². The van der Waals surface area contributed by atoms with Crippen LogP contribution in [0.25, 0.3) is 0 Å². The van der Waals surface area contributed by atoms with Crippen molar-refractivity contribution >= 4 is 13.7 Å². The second-order valence-electron chi connectivity index (χ2n) is 12.5. The number of likely N-dealkylation sites (N-methyl/N-ethyl adjacent to an activating group) is 1. The third-order valence-corrected chi connectivity index (χ3v) is 8.11. The summed E-state index contributed by atoms with van der Waals surface area (Å²) in [7, 11) is 1.28. The van der Waals surface area contributed by atoms with Gasteiger partial charge in [0.2, 0.25) is 5.91 Å². The molecule has 252 valence electrons. The van der Waals surface area contributed by atoms with Crippen molar-refractivity contribution in [2.75, 3.05) is 40.9 Å². The summed E-state index contributed by atoms with van der Waals surface area (Å²) in [6, 6.07) is -0.804. The van der Waals surface area contributed by atoms with Crippen LogP contribution in [0.15, 0.2) is 36.5 Å². The molecule has 0 saturated heterocycles. The van der Waals surface area contributed by atoms with Crippen molar-refractivity contribution in [3.05, 3.63) is 36.5 Å². The van der Waals surface area contributed by atoms with Gasteiger partial charge in [-0.3, -0.25) is 9.36 Å². The summed E-state index contributed by atoms with van der Waals surface area (Å²) in [6.45, 7) is 4.48. The van der Waals surface area contributed by atoms with Crippen LogP contribution in [0.1, 0.15) is 123 Å². The first-order valence-electron chi connectivity index (χ1n) is 16.8. The summed E-state index contributed by atoms with van der Waals surface area (Å²) in [5.41, 5.74) is 0. The van der Waals surface area contributed by atoms with E-state index in [1.807, 2.05) is 21.1 Å². The molecule has 0 saturated carbocycles. The highest BCUT2D eigenvalue weighted by molar-refractivity contribution is 7.45. The van der Waals surface area contributed by atoms with Crippen LogP contribution in [-0.4, -0.2) is 68.5 Å². The minimum Gasteiger partial charge on any atom is -0.756 e. The van der Waals surface area contributed by atoms with Gasteiger partial charge in [-0.15, -0.1) is 0 Å². The van der Waals surface area contributed by atoms with Crippen molar-refractivity contribution < 1.29 is 32.9 Å². The molecule has 0 aromatic carbocycles. The number of carbonyl (C=O) groups excluding carboxylic acids is 1. The maximum atomic E-state index is 12.7. The standard InChI is InChI=1S/C34H65N2O6P/c1-6-8-10-12-14-15-16-17-18-19-20-21-22-24-26-28-34(38)35-32(33(37)27-25-23-13-11-9-7-2)31-42-43(39,40)41-30-29-36(3,4)5/h8,10,14-15,17-18,32-33,37H,6-7,9,11-13,16,19-31H2,1-5H3,(H-,35,38,39,40)/b10-8-,15-14-,18-17-. The summed E-state index contributed by atoms with van der Waals surface area (Å²) in [6.07, 6.45) is 28.8. The molecule has 43 heavy (non-hydrogen) atoms. The fourth-order valence-corrected chi connectivity index (χ4v) is 5.13. The highest BCUT2D eigenvalue weighted by Crippen LogP contribution is 2.38. The van der Waals surface area contributed by atoms with Crippen LogP contribution >= 0.6 is 7.82 Å². The summed E-state index contributed by atoms with van der Waals surface area (Å²) >= 11 is 0. The van der Waals surface area contributed by atoms with Gasteiger partial charge in [0.15, 0.2) is 0 Å². The monoisotopic (exact) mass is 628 g/mol. The van der Waals surface area contributed by atoms with E-state index in [1.54, 1.807) is 0 Å². The number of aliphatic hydroxyl groups is 1. The van der Waals surface area contributed by atoms with Crippen LogP contribution in [0.4, 0.5) is 0 Å². The lowest BCUT2D eigenvalue weighted by atomic mass is 10.0. The molecule has 3 unspecified atom stereocenters. The highest BCUT2D eigenvalue weighted by atomic mass is 31.2. The van der Waals surface area contributed by atoms with Crippen LogP contribution < -0.4 is 10.2 Å². The largest absolute Gasteiger partial charge is 0.756 e. The highest BCUT2D eigenvalue weighted by Gasteiger charge is 2.24. The molecule has 0 aromatic rings. The number of allylic oxidation sites excluding steroid dienone is 6. The average molecular weight is 629 g/mol. The molecule has 0 heterocycles. The van der Waals surface area contributed by atoms with Crippen molar-refractivity contribution in [3.63, 3.8) is 0 Å². The van der Waals surface area contributed by atoms with E-state index in [-0.39, 0.29) is 19.1 Å². The molecule has 3 atom stereocenters. The van der Waals surface area contributed by atoms with Crippen molar-refractivity contribution in [2.45, 2.75) is 135 Å². The summed E-state index contributed by atoms with van der Waals surface area (Å²) in [4.78, 5) is 25.0. The van der Waals surface area contributed by atoms with Gasteiger partial charge >= 0.3 is 0 Å². The molecule has 0 rings (SSSR count). The van der Waals surface area contributed by atoms with Gasteiger partial charge in [0.25, 0.3) is 7.82 Å². The molecule has 0 aliphatic heterocycles. The third kappa shape index (κ3) is 29.2. The first-order chi connectivity index (χ1) is 20.5. The van der Waals surface area contributed by atoms with Crippen LogP contribution in [0.5, 0.6) is 0 Å². The molecule has 2 N–H and O–H groups in total. The van der Waals surface area contributed by atoms with E-state index in [9.17, 15) is 19.4 Å². The van der Waals surface area contributed by atoms with Crippen LogP contribution in [-0.2, 0) is 18.4 Å². The van der Waals surface area contributed by atoms with E-state index >= 15 is 0 Å². The van der Waals surface area contributed by atoms with Crippen LogP contribution in [0.2, 0.25) is 0 Å². The Morgan fingerprint density at radius 3 is 2.07 bits per heavy atom. The molecule has 0 aliphatic carbocycles. The molecular weight excluding hydrogens is 563 g/mol. The molecule has 0 aliphatic rings. The molecule has 1 amide bonds. The van der Waals surface area contributed by atoms with Gasteiger partial charge in [0.1, 0.15) is 13.2 Å². The normalized spacial score (nSPS) is 15.4. The Morgan fingerprint density at radius 1 is 0.837 bits per heavy atom. The van der Waals surface area contributed by atoms with E-state index in [0.717, 1.165) is 77.0 Å². The molecule has 8 nitrogen and oxygen atoms in total. The van der Waals surface area contributed by atoms with Gasteiger partial charge in [-0.1, -0.05) is 108 Å². The van der Waals surface area contributed by atoms with Crippen molar-refractivity contribution in [1.29, 1.82) is 0 Å². The first-order valence-corrected chi connectivity index (χ1v) is 18.3. The number of rotatable bonds is 29. The SMILES string of the molecule is CC/C=C\C/C=C\C/C=C\CCCCCCCC(=O)NC(COP(=O)([O-])OCC[N+](C)(C)C)C(O)CCCCCCCC. The van der Waals surface area contributed by atoms with Crippen LogP contribution in [0, 0.1) is 0 Å². The predicted molar refractivity (Wildman–Crippen MR) is 178 cm³/mol. The Kier molecular flexibility index (Phi) is 26.3. The predicted octanol–water partition coefficient (Wildman–Crippen LogP) is 7.38. The Bertz CT molecular complexity index is 809. The Morgan fingerprint density at radius 2 is 1.42 bits per heavy atom. The summed E-state index contributed by atoms with van der Waals surface area (Å²) in [5.74, 6) is -0.191. The second kappa shape index (κ2) is 27.1. The van der Waals surface area contributed by atoms with Crippen molar-refractivity contribution in [2.24, 2.45) is 0 Å². The molecule has 0 fully saturated rings. The number of unbranched alkanes of at least 4 members (excludes halogenated alkanes) is 10. The number of phosphoric ester groups is 1. The average Bonchev–Trinajstić information content (AvgIpc) is 2.94. The Labute approximate surface area is 264 Å². The van der Waals surface area contributed by atoms with E-state index in [1.165, 1.54) is 19.3 Å². The minimum atomic E-state index is -4.55. The van der Waals surface area contributed by atoms with Gasteiger partial charge in [-0.25, -0.2) is 0 Å². The molecule has 9 heteroatoms. The number of hydrogen-bond donors (Lipinski definition) is 2. The van der Waals surface area contributed by atoms with Gasteiger partial charge in [0, 0.05) is 6.42 Å². The fraction of sp³-hybridized carbons (Fsp3) is 0.794. The maximum absolute atomic E-state index is 12.7. The molecule has 0 aromatic heterocycles. The minimum absolute atomic E-state index is 0.00640. The molecule has 0 spiro atoms. The first kappa shape index (κ1) is 41.7. The number of amides is 1. The van der Waals surface area contributed by atoms with Crippen LogP contribution in [0.3, 0.4) is 0 Å². The van der Waals surface area contributed by atoms with Gasteiger partial charge < -0.3 is 28.8 Å². The van der Waals surface area contributed by atoms with E-state index < -0.39 is 20.0 Å². The summed E-state index contributed by atoms with van der Waals surface area (Å²) in [5, 5.41) is 13.6. The van der Waals surface area contributed by atoms with Gasteiger partial charge in [-0.05, 0) is 44.9 Å². The summed E-state index contributed by atoms with van der Waals surface area (Å²) < 4.78 is 22.9. The topological polar surface area (TPSA) is 108 Å². The fourth-order valence-electron chi connectivity index (χ4n) is 4.40. The lowest BCUT2D eigenvalue weighted by Crippen LogP contribution is -2.46. The van der Waals surface area contributed by atoms with E-state index in [4.69, 9.17) is 9.05 Å². The smallest absolute Gasteiger partial charge is 0.268 e. The molecular formula is C34H65N2O6P. The zero-order valence-corrected chi connectivity index (χ0v) is 29.0. The second-order valence-corrected chi connectivity index (χ2v) is 13.9. The van der Waals surface area contributed by atoms with Gasteiger partial charge in [0.05, 0.1) is 39.9 Å². The lowest BCUT2D eigenvalue weighted by Gasteiger charge is -2.30. The lowest BCUT2D eigenvalue weighted by molar-refractivity contribution is -0.870. The zero-order chi connectivity index (χ0) is 32.2. The number of quaternary nitrogens is 1. The third-order valence-electron chi connectivity index (χ3n) is 7.14. The maximum Gasteiger partial charge on any atom is 0.268 e. The number of phosphoric acid groups is 1. The molecule has 0 radical (unpaired) electrons. The van der Waals surface area contributed by atoms with Crippen molar-refractivity contribution in [1.82, 2.24) is 5.32 Å². The Hall–Kier alpha value is -1.28. The number of nitrogens with zero attached hydrogens (tertiary/aromatic N) is 1. The zero-order valence-electron chi connectivity index (χ0n) is 28.1. The van der Waals surface area contributed by atoms with E-state index in [0.29, 0.717) is 23.9 Å². The number of aliphatic hydroxyl groups excluding tert-OH is 1. The number of nitrogens with one attached hydrogen (secondary N) is 1. The number of hydrogen-bond acceptors (Lipinski definition) is 6.